The SMILES string of the molecule is CC1CCO[Si](C)(CCCBr)ONC1. The lowest BCUT2D eigenvalue weighted by atomic mass is 10.1. The Morgan fingerprint density at radius 1 is 1.57 bits per heavy atom. The molecule has 0 aromatic rings. The van der Waals surface area contributed by atoms with Crippen molar-refractivity contribution >= 4 is 24.5 Å². The minimum atomic E-state index is -1.91. The molecule has 1 heterocycles. The Kier molecular flexibility index (Phi) is 5.62. The monoisotopic (exact) mass is 281 g/mol. The molecular weight excluding hydrogens is 262 g/mol. The summed E-state index contributed by atoms with van der Waals surface area (Å²) >= 11 is 3.44. The van der Waals surface area contributed by atoms with E-state index in [0.717, 1.165) is 37.4 Å². The van der Waals surface area contributed by atoms with Gasteiger partial charge in [-0.2, -0.15) is 0 Å². The lowest BCUT2D eigenvalue weighted by molar-refractivity contribution is 0.0731. The van der Waals surface area contributed by atoms with Gasteiger partial charge in [0.1, 0.15) is 0 Å². The van der Waals surface area contributed by atoms with Crippen molar-refractivity contribution < 1.29 is 8.95 Å². The third-order valence-electron chi connectivity index (χ3n) is 2.50. The predicted octanol–water partition coefficient (Wildman–Crippen LogP) is 2.42. The fourth-order valence-electron chi connectivity index (χ4n) is 1.46. The molecule has 1 rings (SSSR count). The maximum atomic E-state index is 5.88. The second kappa shape index (κ2) is 6.22. The maximum absolute atomic E-state index is 5.88. The van der Waals surface area contributed by atoms with Gasteiger partial charge in [0.15, 0.2) is 0 Å². The summed E-state index contributed by atoms with van der Waals surface area (Å²) in [5, 5.41) is 1.03. The molecule has 0 saturated carbocycles. The van der Waals surface area contributed by atoms with Crippen LogP contribution in [0.3, 0.4) is 0 Å². The zero-order valence-electron chi connectivity index (χ0n) is 9.01. The first-order chi connectivity index (χ1) is 6.66. The maximum Gasteiger partial charge on any atom is 0.355 e. The molecule has 2 atom stereocenters. The second-order valence-corrected chi connectivity index (χ2v) is 8.17. The van der Waals surface area contributed by atoms with E-state index >= 15 is 0 Å². The average molecular weight is 282 g/mol. The summed E-state index contributed by atoms with van der Waals surface area (Å²) in [6, 6.07) is 1.06. The van der Waals surface area contributed by atoms with Gasteiger partial charge in [0.05, 0.1) is 0 Å². The van der Waals surface area contributed by atoms with Crippen LogP contribution in [0.4, 0.5) is 0 Å². The molecule has 0 bridgehead atoms. The molecule has 0 aromatic carbocycles. The molecule has 0 aliphatic carbocycles. The van der Waals surface area contributed by atoms with E-state index in [-0.39, 0.29) is 0 Å². The summed E-state index contributed by atoms with van der Waals surface area (Å²) in [6.45, 7) is 6.15. The predicted molar refractivity (Wildman–Crippen MR) is 63.7 cm³/mol. The zero-order chi connectivity index (χ0) is 10.4. The van der Waals surface area contributed by atoms with Crippen molar-refractivity contribution in [3.05, 3.63) is 0 Å². The van der Waals surface area contributed by atoms with Gasteiger partial charge in [-0.1, -0.05) is 22.9 Å². The van der Waals surface area contributed by atoms with Crippen molar-refractivity contribution in [2.75, 3.05) is 18.5 Å². The van der Waals surface area contributed by atoms with Gasteiger partial charge in [0.25, 0.3) is 0 Å². The molecule has 0 radical (unpaired) electrons. The lowest BCUT2D eigenvalue weighted by Gasteiger charge is -2.30. The molecule has 0 amide bonds. The first-order valence-electron chi connectivity index (χ1n) is 5.27. The van der Waals surface area contributed by atoms with Crippen LogP contribution in [0.2, 0.25) is 12.6 Å². The molecule has 14 heavy (non-hydrogen) atoms. The third kappa shape index (κ3) is 4.40. The van der Waals surface area contributed by atoms with Crippen LogP contribution >= 0.6 is 15.9 Å². The highest BCUT2D eigenvalue weighted by Gasteiger charge is 2.32. The highest BCUT2D eigenvalue weighted by atomic mass is 79.9. The fraction of sp³-hybridized carbons (Fsp3) is 1.00. The number of alkyl halides is 1. The van der Waals surface area contributed by atoms with Crippen LogP contribution in [0, 0.1) is 5.92 Å². The van der Waals surface area contributed by atoms with E-state index in [2.05, 4.69) is 34.9 Å². The molecule has 1 fully saturated rings. The van der Waals surface area contributed by atoms with Crippen molar-refractivity contribution in [2.45, 2.75) is 32.4 Å². The minimum absolute atomic E-state index is 0.643. The molecule has 1 aliphatic rings. The Morgan fingerprint density at radius 2 is 2.36 bits per heavy atom. The van der Waals surface area contributed by atoms with Gasteiger partial charge in [-0.05, 0) is 31.4 Å². The number of hydrogen-bond acceptors (Lipinski definition) is 3. The first-order valence-corrected chi connectivity index (χ1v) is 8.91. The fourth-order valence-corrected chi connectivity index (χ4v) is 4.32. The van der Waals surface area contributed by atoms with Gasteiger partial charge in [-0.15, -0.1) is 0 Å². The molecule has 84 valence electrons. The van der Waals surface area contributed by atoms with Crippen LogP contribution in [-0.2, 0) is 8.95 Å². The molecule has 0 aromatic heterocycles. The van der Waals surface area contributed by atoms with E-state index < -0.39 is 8.56 Å². The highest BCUT2D eigenvalue weighted by molar-refractivity contribution is 9.09. The highest BCUT2D eigenvalue weighted by Crippen LogP contribution is 2.18. The first kappa shape index (κ1) is 12.6. The molecule has 1 saturated heterocycles. The summed E-state index contributed by atoms with van der Waals surface area (Å²) in [6.07, 6.45) is 2.26. The Labute approximate surface area is 95.9 Å². The lowest BCUT2D eigenvalue weighted by Crippen LogP contribution is -2.46. The molecular formula is C9H20BrNO2Si. The van der Waals surface area contributed by atoms with Crippen LogP contribution in [-0.4, -0.2) is 27.0 Å². The molecule has 1 aliphatic heterocycles. The van der Waals surface area contributed by atoms with Crippen molar-refractivity contribution in [1.82, 2.24) is 5.48 Å². The molecule has 1 N–H and O–H groups in total. The molecule has 2 unspecified atom stereocenters. The number of halogens is 1. The van der Waals surface area contributed by atoms with E-state index in [1.165, 1.54) is 0 Å². The van der Waals surface area contributed by atoms with Crippen molar-refractivity contribution in [1.29, 1.82) is 0 Å². The van der Waals surface area contributed by atoms with Crippen LogP contribution in [0.1, 0.15) is 19.8 Å². The van der Waals surface area contributed by atoms with Crippen LogP contribution in [0.5, 0.6) is 0 Å². The van der Waals surface area contributed by atoms with E-state index in [4.69, 9.17) is 8.95 Å². The summed E-state index contributed by atoms with van der Waals surface area (Å²) in [7, 11) is -1.91. The van der Waals surface area contributed by atoms with E-state index in [1.807, 2.05) is 0 Å². The minimum Gasteiger partial charge on any atom is -0.394 e. The standard InChI is InChI=1S/C9H20BrNO2Si/c1-9-4-6-12-14(2,7-3-5-10)13-11-8-9/h9,11H,3-8H2,1-2H3. The van der Waals surface area contributed by atoms with Crippen LogP contribution in [0.25, 0.3) is 0 Å². The Morgan fingerprint density at radius 3 is 3.07 bits per heavy atom. The van der Waals surface area contributed by atoms with Gasteiger partial charge < -0.3 is 8.95 Å². The smallest absolute Gasteiger partial charge is 0.355 e. The number of hydrogen-bond donors (Lipinski definition) is 1. The van der Waals surface area contributed by atoms with Gasteiger partial charge in [-0.3, -0.25) is 0 Å². The summed E-state index contributed by atoms with van der Waals surface area (Å²) in [5.41, 5.74) is 3.06. The van der Waals surface area contributed by atoms with Crippen LogP contribution < -0.4 is 5.48 Å². The Balaban J connectivity index is 2.36. The summed E-state index contributed by atoms with van der Waals surface area (Å²) in [4.78, 5) is 0. The Bertz CT molecular complexity index is 161. The van der Waals surface area contributed by atoms with Crippen LogP contribution in [0.15, 0.2) is 0 Å². The largest absolute Gasteiger partial charge is 0.394 e. The van der Waals surface area contributed by atoms with E-state index in [9.17, 15) is 0 Å². The van der Waals surface area contributed by atoms with Crippen molar-refractivity contribution in [2.24, 2.45) is 5.92 Å². The Hall–Kier alpha value is 0.577. The second-order valence-electron chi connectivity index (χ2n) is 4.12. The number of hydroxylamine groups is 1. The molecule has 0 spiro atoms. The topological polar surface area (TPSA) is 30.5 Å². The summed E-state index contributed by atoms with van der Waals surface area (Å²) < 4.78 is 11.6. The third-order valence-corrected chi connectivity index (χ3v) is 5.72. The van der Waals surface area contributed by atoms with Gasteiger partial charge in [0.2, 0.25) is 0 Å². The quantitative estimate of drug-likeness (QED) is 0.637. The van der Waals surface area contributed by atoms with E-state index in [0.29, 0.717) is 5.92 Å². The normalized spacial score (nSPS) is 34.9. The average Bonchev–Trinajstić information content (AvgIpc) is 2.12. The number of rotatable bonds is 3. The number of nitrogens with one attached hydrogen (secondary N) is 1. The van der Waals surface area contributed by atoms with Gasteiger partial charge in [0, 0.05) is 18.5 Å². The van der Waals surface area contributed by atoms with Gasteiger partial charge in [-0.25, -0.2) is 5.48 Å². The van der Waals surface area contributed by atoms with Crippen molar-refractivity contribution in [3.8, 4) is 0 Å². The van der Waals surface area contributed by atoms with Crippen molar-refractivity contribution in [3.63, 3.8) is 0 Å². The molecule has 3 nitrogen and oxygen atoms in total. The van der Waals surface area contributed by atoms with E-state index in [1.54, 1.807) is 0 Å². The summed E-state index contributed by atoms with van der Waals surface area (Å²) in [5.74, 6) is 0.643. The molecule has 5 heteroatoms. The van der Waals surface area contributed by atoms with Gasteiger partial charge >= 0.3 is 8.56 Å². The zero-order valence-corrected chi connectivity index (χ0v) is 11.6.